The van der Waals surface area contributed by atoms with Gasteiger partial charge in [-0.2, -0.15) is 0 Å². The Kier molecular flexibility index (Phi) is 2.83. The highest BCUT2D eigenvalue weighted by atomic mass is 16.5. The average Bonchev–Trinajstić information content (AvgIpc) is 3.00. The Labute approximate surface area is 125 Å². The van der Waals surface area contributed by atoms with Crippen molar-refractivity contribution in [1.29, 1.82) is 0 Å². The Hall–Kier alpha value is -1.80. The van der Waals surface area contributed by atoms with Crippen LogP contribution < -0.4 is 10.5 Å². The lowest BCUT2D eigenvalue weighted by atomic mass is 9.86. The molecule has 2 aliphatic rings. The number of rotatable bonds is 2. The maximum absolute atomic E-state index is 6.74. The van der Waals surface area contributed by atoms with Gasteiger partial charge in [0, 0.05) is 18.4 Å². The fourth-order valence-electron chi connectivity index (χ4n) is 3.90. The molecule has 1 aliphatic carbocycles. The fraction of sp³-hybridized carbons (Fsp3) is 0.368. The van der Waals surface area contributed by atoms with Gasteiger partial charge in [0.15, 0.2) is 0 Å². The van der Waals surface area contributed by atoms with Crippen LogP contribution in [0.3, 0.4) is 0 Å². The van der Waals surface area contributed by atoms with Crippen molar-refractivity contribution in [3.8, 4) is 5.75 Å². The molecular weight excluding hydrogens is 258 g/mol. The average molecular weight is 279 g/mol. The first-order valence-corrected chi connectivity index (χ1v) is 7.77. The van der Waals surface area contributed by atoms with Gasteiger partial charge in [-0.15, -0.1) is 0 Å². The SMILES string of the molecule is Cc1ccc2c(c1)CC(CC1(N)CCc3ccccc31)O2. The first kappa shape index (κ1) is 12.9. The number of aryl methyl sites for hydroxylation is 2. The second kappa shape index (κ2) is 4.60. The monoisotopic (exact) mass is 279 g/mol. The summed E-state index contributed by atoms with van der Waals surface area (Å²) in [5.74, 6) is 1.04. The van der Waals surface area contributed by atoms with Gasteiger partial charge >= 0.3 is 0 Å². The first-order valence-electron chi connectivity index (χ1n) is 7.77. The summed E-state index contributed by atoms with van der Waals surface area (Å²) in [7, 11) is 0. The van der Waals surface area contributed by atoms with Gasteiger partial charge in [0.05, 0.1) is 0 Å². The predicted octanol–water partition coefficient (Wildman–Crippen LogP) is 3.49. The van der Waals surface area contributed by atoms with E-state index in [2.05, 4.69) is 49.4 Å². The summed E-state index contributed by atoms with van der Waals surface area (Å²) >= 11 is 0. The highest BCUT2D eigenvalue weighted by Crippen LogP contribution is 2.41. The summed E-state index contributed by atoms with van der Waals surface area (Å²) < 4.78 is 6.12. The third-order valence-electron chi connectivity index (χ3n) is 4.94. The molecular formula is C19H21NO. The van der Waals surface area contributed by atoms with E-state index < -0.39 is 0 Å². The quantitative estimate of drug-likeness (QED) is 0.913. The molecule has 0 bridgehead atoms. The Balaban J connectivity index is 1.56. The van der Waals surface area contributed by atoms with Crippen LogP contribution in [-0.4, -0.2) is 6.10 Å². The largest absolute Gasteiger partial charge is 0.490 e. The van der Waals surface area contributed by atoms with E-state index in [4.69, 9.17) is 10.5 Å². The normalized spacial score (nSPS) is 26.3. The molecule has 2 heteroatoms. The van der Waals surface area contributed by atoms with Crippen molar-refractivity contribution < 1.29 is 4.74 Å². The predicted molar refractivity (Wildman–Crippen MR) is 84.5 cm³/mol. The summed E-state index contributed by atoms with van der Waals surface area (Å²) in [6.45, 7) is 2.13. The van der Waals surface area contributed by atoms with Crippen molar-refractivity contribution in [3.63, 3.8) is 0 Å². The van der Waals surface area contributed by atoms with Crippen LogP contribution in [0.4, 0.5) is 0 Å². The van der Waals surface area contributed by atoms with E-state index in [1.165, 1.54) is 22.3 Å². The van der Waals surface area contributed by atoms with Crippen molar-refractivity contribution in [1.82, 2.24) is 0 Å². The lowest BCUT2D eigenvalue weighted by molar-refractivity contribution is 0.178. The molecule has 4 rings (SSSR count). The Morgan fingerprint density at radius 2 is 2.05 bits per heavy atom. The zero-order valence-corrected chi connectivity index (χ0v) is 12.4. The number of benzene rings is 2. The molecule has 0 radical (unpaired) electrons. The van der Waals surface area contributed by atoms with Gasteiger partial charge in [-0.3, -0.25) is 0 Å². The maximum Gasteiger partial charge on any atom is 0.123 e. The molecule has 2 nitrogen and oxygen atoms in total. The number of hydrogen-bond acceptors (Lipinski definition) is 2. The van der Waals surface area contributed by atoms with Gasteiger partial charge in [-0.1, -0.05) is 42.0 Å². The van der Waals surface area contributed by atoms with Crippen LogP contribution in [-0.2, 0) is 18.4 Å². The van der Waals surface area contributed by atoms with Crippen LogP contribution in [0.15, 0.2) is 42.5 Å². The van der Waals surface area contributed by atoms with Gasteiger partial charge < -0.3 is 10.5 Å². The molecule has 0 saturated carbocycles. The first-order chi connectivity index (χ1) is 10.1. The number of ether oxygens (including phenoxy) is 1. The second-order valence-corrected chi connectivity index (χ2v) is 6.57. The van der Waals surface area contributed by atoms with Gasteiger partial charge in [0.25, 0.3) is 0 Å². The van der Waals surface area contributed by atoms with Gasteiger partial charge in [-0.25, -0.2) is 0 Å². The Bertz CT molecular complexity index is 694. The van der Waals surface area contributed by atoms with Gasteiger partial charge in [-0.05, 0) is 42.5 Å². The number of nitrogens with two attached hydrogens (primary N) is 1. The van der Waals surface area contributed by atoms with Crippen LogP contribution in [0, 0.1) is 6.92 Å². The zero-order chi connectivity index (χ0) is 14.4. The standard InChI is InChI=1S/C19H21NO/c1-13-6-7-18-15(10-13)11-16(21-18)12-19(20)9-8-14-4-2-3-5-17(14)19/h2-7,10,16H,8-9,11-12,20H2,1H3. The lowest BCUT2D eigenvalue weighted by Gasteiger charge is -2.28. The van der Waals surface area contributed by atoms with Crippen LogP contribution >= 0.6 is 0 Å². The van der Waals surface area contributed by atoms with E-state index in [9.17, 15) is 0 Å². The van der Waals surface area contributed by atoms with E-state index in [0.29, 0.717) is 0 Å². The minimum Gasteiger partial charge on any atom is -0.490 e. The van der Waals surface area contributed by atoms with Crippen LogP contribution in [0.2, 0.25) is 0 Å². The molecule has 108 valence electrons. The summed E-state index contributed by atoms with van der Waals surface area (Å²) in [5, 5.41) is 0. The topological polar surface area (TPSA) is 35.2 Å². The fourth-order valence-corrected chi connectivity index (χ4v) is 3.90. The number of hydrogen-bond donors (Lipinski definition) is 1. The minimum atomic E-state index is -0.224. The molecule has 0 fully saturated rings. The smallest absolute Gasteiger partial charge is 0.123 e. The van der Waals surface area contributed by atoms with E-state index >= 15 is 0 Å². The molecule has 0 spiro atoms. The third-order valence-corrected chi connectivity index (χ3v) is 4.94. The van der Waals surface area contributed by atoms with Crippen molar-refractivity contribution in [2.24, 2.45) is 5.73 Å². The van der Waals surface area contributed by atoms with Crippen molar-refractivity contribution in [2.75, 3.05) is 0 Å². The molecule has 2 atom stereocenters. The molecule has 2 unspecified atom stereocenters. The van der Waals surface area contributed by atoms with E-state index in [1.54, 1.807) is 0 Å². The van der Waals surface area contributed by atoms with Crippen LogP contribution in [0.25, 0.3) is 0 Å². The molecule has 21 heavy (non-hydrogen) atoms. The Morgan fingerprint density at radius 1 is 1.19 bits per heavy atom. The van der Waals surface area contributed by atoms with E-state index in [0.717, 1.165) is 31.4 Å². The molecule has 0 aromatic heterocycles. The van der Waals surface area contributed by atoms with Crippen LogP contribution in [0.5, 0.6) is 5.75 Å². The third kappa shape index (κ3) is 2.14. The Morgan fingerprint density at radius 3 is 2.95 bits per heavy atom. The van der Waals surface area contributed by atoms with E-state index in [1.807, 2.05) is 0 Å². The van der Waals surface area contributed by atoms with Crippen LogP contribution in [0.1, 0.15) is 35.1 Å². The summed E-state index contributed by atoms with van der Waals surface area (Å²) in [4.78, 5) is 0. The summed E-state index contributed by atoms with van der Waals surface area (Å²) in [5.41, 5.74) is 11.9. The molecule has 0 saturated heterocycles. The summed E-state index contributed by atoms with van der Waals surface area (Å²) in [6, 6.07) is 15.0. The van der Waals surface area contributed by atoms with Crippen molar-refractivity contribution >= 4 is 0 Å². The molecule has 2 aromatic carbocycles. The van der Waals surface area contributed by atoms with E-state index in [-0.39, 0.29) is 11.6 Å². The highest BCUT2D eigenvalue weighted by Gasteiger charge is 2.39. The van der Waals surface area contributed by atoms with Gasteiger partial charge in [0.1, 0.15) is 11.9 Å². The second-order valence-electron chi connectivity index (χ2n) is 6.57. The van der Waals surface area contributed by atoms with Gasteiger partial charge in [0.2, 0.25) is 0 Å². The molecule has 2 N–H and O–H groups in total. The number of fused-ring (bicyclic) bond motifs is 2. The van der Waals surface area contributed by atoms with Crippen molar-refractivity contribution in [2.45, 2.75) is 44.2 Å². The molecule has 1 aliphatic heterocycles. The lowest BCUT2D eigenvalue weighted by Crippen LogP contribution is -2.39. The zero-order valence-electron chi connectivity index (χ0n) is 12.4. The summed E-state index contributed by atoms with van der Waals surface area (Å²) in [6.07, 6.45) is 4.21. The minimum absolute atomic E-state index is 0.206. The molecule has 0 amide bonds. The molecule has 2 aromatic rings. The van der Waals surface area contributed by atoms with Crippen molar-refractivity contribution in [3.05, 3.63) is 64.7 Å². The maximum atomic E-state index is 6.74. The molecule has 1 heterocycles. The highest BCUT2D eigenvalue weighted by molar-refractivity contribution is 5.42.